The molecule has 0 saturated heterocycles. The average molecular weight is 368 g/mol. The van der Waals surface area contributed by atoms with Gasteiger partial charge in [-0.2, -0.15) is 0 Å². The molecule has 0 atom stereocenters. The Morgan fingerprint density at radius 1 is 1.21 bits per heavy atom. The molecule has 0 bridgehead atoms. The maximum atomic E-state index is 12.5. The summed E-state index contributed by atoms with van der Waals surface area (Å²) in [6.07, 6.45) is 0. The van der Waals surface area contributed by atoms with E-state index in [1.165, 1.54) is 42.3 Å². The molecule has 2 aromatic rings. The number of methoxy groups -OCH3 is 1. The topological polar surface area (TPSA) is 92.8 Å². The van der Waals surface area contributed by atoms with Crippen LogP contribution in [0.5, 0.6) is 0 Å². The van der Waals surface area contributed by atoms with Gasteiger partial charge in [-0.3, -0.25) is 9.52 Å². The van der Waals surface area contributed by atoms with Gasteiger partial charge in [0, 0.05) is 19.7 Å². The molecule has 0 spiro atoms. The molecule has 9 heteroatoms. The Balaban J connectivity index is 2.35. The van der Waals surface area contributed by atoms with Crippen LogP contribution in [0.3, 0.4) is 0 Å². The zero-order valence-electron chi connectivity index (χ0n) is 13.3. The summed E-state index contributed by atoms with van der Waals surface area (Å²) in [5.74, 6) is -0.933. The van der Waals surface area contributed by atoms with E-state index in [-0.39, 0.29) is 26.9 Å². The number of carbonyl (C=O) groups excluding carboxylic acids is 2. The van der Waals surface area contributed by atoms with Crippen molar-refractivity contribution in [3.63, 3.8) is 0 Å². The Morgan fingerprint density at radius 2 is 1.92 bits per heavy atom. The van der Waals surface area contributed by atoms with Crippen LogP contribution in [-0.2, 0) is 14.8 Å². The minimum Gasteiger partial charge on any atom is -0.465 e. The molecular weight excluding hydrogens is 352 g/mol. The Kier molecular flexibility index (Phi) is 5.25. The monoisotopic (exact) mass is 368 g/mol. The molecule has 0 aliphatic carbocycles. The lowest BCUT2D eigenvalue weighted by Crippen LogP contribution is -2.22. The summed E-state index contributed by atoms with van der Waals surface area (Å²) in [6, 6.07) is 7.16. The highest BCUT2D eigenvalue weighted by molar-refractivity contribution is 7.92. The van der Waals surface area contributed by atoms with Crippen LogP contribution in [0.2, 0.25) is 0 Å². The van der Waals surface area contributed by atoms with Gasteiger partial charge in [0.1, 0.15) is 4.88 Å². The summed E-state index contributed by atoms with van der Waals surface area (Å²) in [6.45, 7) is 0. The lowest BCUT2D eigenvalue weighted by atomic mass is 10.2. The molecule has 0 unspecified atom stereocenters. The first kappa shape index (κ1) is 18.0. The summed E-state index contributed by atoms with van der Waals surface area (Å²) < 4.78 is 32.0. The Labute approximate surface area is 143 Å². The van der Waals surface area contributed by atoms with Crippen LogP contribution >= 0.6 is 11.3 Å². The number of hydrogen-bond acceptors (Lipinski definition) is 6. The smallest absolute Gasteiger partial charge is 0.350 e. The molecule has 1 amide bonds. The molecule has 0 aliphatic heterocycles. The zero-order chi connectivity index (χ0) is 17.9. The van der Waals surface area contributed by atoms with Crippen LogP contribution in [-0.4, -0.2) is 46.4 Å². The molecule has 0 saturated carbocycles. The molecule has 0 aliphatic rings. The Bertz CT molecular complexity index is 871. The number of ether oxygens (including phenoxy) is 1. The van der Waals surface area contributed by atoms with Gasteiger partial charge in [-0.1, -0.05) is 6.07 Å². The van der Waals surface area contributed by atoms with Crippen molar-refractivity contribution in [2.45, 2.75) is 4.90 Å². The highest BCUT2D eigenvalue weighted by atomic mass is 32.2. The van der Waals surface area contributed by atoms with E-state index in [0.29, 0.717) is 0 Å². The molecular formula is C15H16N2O5S2. The van der Waals surface area contributed by atoms with Crippen molar-refractivity contribution in [2.75, 3.05) is 25.9 Å². The zero-order valence-corrected chi connectivity index (χ0v) is 14.9. The van der Waals surface area contributed by atoms with Crippen molar-refractivity contribution in [3.05, 3.63) is 46.2 Å². The van der Waals surface area contributed by atoms with Gasteiger partial charge in [-0.05, 0) is 29.6 Å². The first-order valence-corrected chi connectivity index (χ1v) is 9.13. The number of sulfonamides is 1. The third-order valence-corrected chi connectivity index (χ3v) is 5.34. The molecule has 0 fully saturated rings. The van der Waals surface area contributed by atoms with Gasteiger partial charge in [-0.15, -0.1) is 11.3 Å². The van der Waals surface area contributed by atoms with Crippen molar-refractivity contribution in [3.8, 4) is 0 Å². The minimum absolute atomic E-state index is 0.0720. The van der Waals surface area contributed by atoms with Crippen LogP contribution in [0.25, 0.3) is 0 Å². The third kappa shape index (κ3) is 3.74. The first-order valence-electron chi connectivity index (χ1n) is 6.76. The number of hydrogen-bond donors (Lipinski definition) is 1. The lowest BCUT2D eigenvalue weighted by molar-refractivity contribution is 0.0607. The lowest BCUT2D eigenvalue weighted by Gasteiger charge is -2.12. The summed E-state index contributed by atoms with van der Waals surface area (Å²) in [5, 5.41) is 1.58. The number of amides is 1. The van der Waals surface area contributed by atoms with Crippen molar-refractivity contribution in [1.82, 2.24) is 4.90 Å². The second kappa shape index (κ2) is 7.02. The van der Waals surface area contributed by atoms with E-state index < -0.39 is 16.0 Å². The van der Waals surface area contributed by atoms with Gasteiger partial charge >= 0.3 is 5.97 Å². The molecule has 7 nitrogen and oxygen atoms in total. The van der Waals surface area contributed by atoms with Crippen LogP contribution in [0, 0.1) is 0 Å². The number of nitrogens with zero attached hydrogens (tertiary/aromatic N) is 1. The predicted octanol–water partition coefficient (Wildman–Crippen LogP) is 2.04. The second-order valence-corrected chi connectivity index (χ2v) is 7.59. The van der Waals surface area contributed by atoms with Gasteiger partial charge < -0.3 is 9.64 Å². The van der Waals surface area contributed by atoms with Crippen LogP contribution in [0.4, 0.5) is 5.69 Å². The summed E-state index contributed by atoms with van der Waals surface area (Å²) in [7, 11) is 0.426. The molecule has 0 radical (unpaired) electrons. The van der Waals surface area contributed by atoms with Gasteiger partial charge in [0.25, 0.3) is 15.9 Å². The van der Waals surface area contributed by atoms with Crippen molar-refractivity contribution >= 4 is 38.9 Å². The Hall–Kier alpha value is -2.39. The number of benzene rings is 1. The number of nitrogens with one attached hydrogen (secondary N) is 1. The van der Waals surface area contributed by atoms with Crippen LogP contribution in [0.1, 0.15) is 20.0 Å². The number of rotatable bonds is 5. The maximum Gasteiger partial charge on any atom is 0.350 e. The molecule has 1 heterocycles. The quantitative estimate of drug-likeness (QED) is 0.815. The highest BCUT2D eigenvalue weighted by Gasteiger charge is 2.21. The van der Waals surface area contributed by atoms with Gasteiger partial charge in [-0.25, -0.2) is 13.2 Å². The van der Waals surface area contributed by atoms with Crippen LogP contribution < -0.4 is 4.72 Å². The summed E-state index contributed by atoms with van der Waals surface area (Å²) >= 11 is 1.07. The maximum absolute atomic E-state index is 12.5. The number of anilines is 1. The Morgan fingerprint density at radius 3 is 2.54 bits per heavy atom. The molecule has 24 heavy (non-hydrogen) atoms. The second-order valence-electron chi connectivity index (χ2n) is 4.99. The van der Waals surface area contributed by atoms with Crippen molar-refractivity contribution in [2.24, 2.45) is 0 Å². The van der Waals surface area contributed by atoms with Crippen molar-refractivity contribution in [1.29, 1.82) is 0 Å². The molecule has 128 valence electrons. The fourth-order valence-electron chi connectivity index (χ4n) is 1.90. The summed E-state index contributed by atoms with van der Waals surface area (Å²) in [5.41, 5.74) is 0.387. The van der Waals surface area contributed by atoms with E-state index in [0.717, 1.165) is 11.3 Å². The van der Waals surface area contributed by atoms with Crippen LogP contribution in [0.15, 0.2) is 40.6 Å². The largest absolute Gasteiger partial charge is 0.465 e. The standard InChI is InChI=1S/C15H16N2O5S2/c1-17(2)14(18)10-5-4-6-11(9-10)24(20,21)16-12-7-8-23-13(12)15(19)22-3/h4-9,16H,1-3H3. The third-order valence-electron chi connectivity index (χ3n) is 3.08. The average Bonchev–Trinajstić information content (AvgIpc) is 3.00. The number of carbonyl (C=O) groups is 2. The van der Waals surface area contributed by atoms with Gasteiger partial charge in [0.2, 0.25) is 0 Å². The van der Waals surface area contributed by atoms with E-state index in [1.54, 1.807) is 19.5 Å². The first-order chi connectivity index (χ1) is 11.3. The van der Waals surface area contributed by atoms with Gasteiger partial charge in [0.05, 0.1) is 17.7 Å². The van der Waals surface area contributed by atoms with E-state index in [9.17, 15) is 18.0 Å². The highest BCUT2D eigenvalue weighted by Crippen LogP contribution is 2.26. The number of esters is 1. The predicted molar refractivity (Wildman–Crippen MR) is 90.9 cm³/mol. The molecule has 1 aromatic heterocycles. The van der Waals surface area contributed by atoms with E-state index >= 15 is 0 Å². The summed E-state index contributed by atoms with van der Waals surface area (Å²) in [4.78, 5) is 25.1. The molecule has 2 rings (SSSR count). The fraction of sp³-hybridized carbons (Fsp3) is 0.200. The van der Waals surface area contributed by atoms with E-state index in [4.69, 9.17) is 0 Å². The minimum atomic E-state index is -3.95. The molecule has 1 N–H and O–H groups in total. The van der Waals surface area contributed by atoms with Gasteiger partial charge in [0.15, 0.2) is 0 Å². The van der Waals surface area contributed by atoms with E-state index in [2.05, 4.69) is 9.46 Å². The fourth-order valence-corrected chi connectivity index (χ4v) is 3.85. The molecule has 1 aromatic carbocycles. The van der Waals surface area contributed by atoms with E-state index in [1.807, 2.05) is 0 Å². The SMILES string of the molecule is COC(=O)c1sccc1NS(=O)(=O)c1cccc(C(=O)N(C)C)c1. The normalized spacial score (nSPS) is 11.0. The number of thiophene rings is 1. The van der Waals surface area contributed by atoms with Crippen molar-refractivity contribution < 1.29 is 22.7 Å².